The van der Waals surface area contributed by atoms with E-state index in [1.807, 2.05) is 17.9 Å². The first kappa shape index (κ1) is 29.9. The summed E-state index contributed by atoms with van der Waals surface area (Å²) < 4.78 is 36.6. The number of nitrogens with one attached hydrogen (secondary N) is 2. The van der Waals surface area contributed by atoms with Crippen LogP contribution in [0, 0.1) is 12.8 Å². The predicted molar refractivity (Wildman–Crippen MR) is 159 cm³/mol. The van der Waals surface area contributed by atoms with Crippen LogP contribution in [0.25, 0.3) is 11.3 Å². The van der Waals surface area contributed by atoms with Gasteiger partial charge in [-0.2, -0.15) is 0 Å². The van der Waals surface area contributed by atoms with Gasteiger partial charge in [0.15, 0.2) is 0 Å². The van der Waals surface area contributed by atoms with E-state index in [2.05, 4.69) is 14.6 Å². The van der Waals surface area contributed by atoms with Crippen LogP contribution in [0.5, 0.6) is 0 Å². The molecule has 5 rings (SSSR count). The molecule has 8 nitrogen and oxygen atoms in total. The van der Waals surface area contributed by atoms with Crippen LogP contribution in [0.1, 0.15) is 68.9 Å². The Morgan fingerprint density at radius 2 is 1.85 bits per heavy atom. The average Bonchev–Trinajstić information content (AvgIpc) is 3.18. The molecule has 0 unspecified atom stereocenters. The van der Waals surface area contributed by atoms with Gasteiger partial charge < -0.3 is 19.5 Å². The SMILES string of the molecule is Cc1c(C(=O)N2CC3(COCCN3)C2)cc(-c2ccc(S(=O)(=O)NC(C)(C)C)c(Cl)c2Cl)n1CC1CCCCC1. The molecular weight excluding hydrogens is 571 g/mol. The highest BCUT2D eigenvalue weighted by molar-refractivity contribution is 7.89. The summed E-state index contributed by atoms with van der Waals surface area (Å²) in [6, 6.07) is 5.10. The van der Waals surface area contributed by atoms with Crippen molar-refractivity contribution < 1.29 is 17.9 Å². The van der Waals surface area contributed by atoms with Crippen LogP contribution >= 0.6 is 23.2 Å². The molecule has 1 amide bonds. The molecule has 220 valence electrons. The quantitative estimate of drug-likeness (QED) is 0.466. The predicted octanol–water partition coefficient (Wildman–Crippen LogP) is 5.24. The fraction of sp³-hybridized carbons (Fsp3) is 0.621. The number of carbonyl (C=O) groups excluding carboxylic acids is 1. The lowest BCUT2D eigenvalue weighted by atomic mass is 9.89. The topological polar surface area (TPSA) is 92.7 Å². The molecule has 3 aliphatic rings. The molecule has 2 aromatic rings. The van der Waals surface area contributed by atoms with Crippen molar-refractivity contribution in [2.45, 2.75) is 82.3 Å². The van der Waals surface area contributed by atoms with Crippen LogP contribution in [-0.4, -0.2) is 67.7 Å². The zero-order chi connectivity index (χ0) is 28.9. The van der Waals surface area contributed by atoms with Crippen molar-refractivity contribution in [2.24, 2.45) is 5.92 Å². The van der Waals surface area contributed by atoms with Crippen LogP contribution in [0.3, 0.4) is 0 Å². The minimum absolute atomic E-state index is 0.0186. The lowest BCUT2D eigenvalue weighted by Gasteiger charge is -2.52. The van der Waals surface area contributed by atoms with Gasteiger partial charge in [0.25, 0.3) is 5.91 Å². The molecular formula is C29H40Cl2N4O4S. The van der Waals surface area contributed by atoms with Crippen LogP contribution < -0.4 is 10.0 Å². The largest absolute Gasteiger partial charge is 0.378 e. The number of rotatable bonds is 6. The molecule has 1 aliphatic carbocycles. The Kier molecular flexibility index (Phi) is 8.38. The van der Waals surface area contributed by atoms with Gasteiger partial charge in [0.1, 0.15) is 4.90 Å². The second-order valence-electron chi connectivity index (χ2n) is 12.7. The number of hydrogen-bond donors (Lipinski definition) is 2. The van der Waals surface area contributed by atoms with Crippen molar-refractivity contribution in [3.8, 4) is 11.3 Å². The van der Waals surface area contributed by atoms with E-state index < -0.39 is 15.6 Å². The van der Waals surface area contributed by atoms with Gasteiger partial charge in [-0.15, -0.1) is 0 Å². The molecule has 1 aromatic heterocycles. The third-order valence-electron chi connectivity index (χ3n) is 8.21. The van der Waals surface area contributed by atoms with E-state index in [0.717, 1.165) is 37.3 Å². The third-order valence-corrected chi connectivity index (χ3v) is 11.0. The number of amides is 1. The molecule has 3 fully saturated rings. The van der Waals surface area contributed by atoms with E-state index in [1.165, 1.54) is 25.3 Å². The van der Waals surface area contributed by atoms with Gasteiger partial charge in [-0.1, -0.05) is 42.5 Å². The number of sulfonamides is 1. The van der Waals surface area contributed by atoms with Gasteiger partial charge in [-0.3, -0.25) is 4.79 Å². The van der Waals surface area contributed by atoms with Crippen LogP contribution in [0.2, 0.25) is 10.0 Å². The second kappa shape index (κ2) is 11.2. The van der Waals surface area contributed by atoms with Gasteiger partial charge in [0.2, 0.25) is 10.0 Å². The lowest BCUT2D eigenvalue weighted by Crippen LogP contribution is -2.74. The Morgan fingerprint density at radius 3 is 2.48 bits per heavy atom. The number of morpholine rings is 1. The summed E-state index contributed by atoms with van der Waals surface area (Å²) >= 11 is 13.4. The normalized spacial score (nSPS) is 20.1. The van der Waals surface area contributed by atoms with Gasteiger partial charge in [0.05, 0.1) is 40.1 Å². The van der Waals surface area contributed by atoms with Gasteiger partial charge in [-0.25, -0.2) is 13.1 Å². The van der Waals surface area contributed by atoms with Crippen molar-refractivity contribution in [3.63, 3.8) is 0 Å². The molecule has 2 N–H and O–H groups in total. The molecule has 2 aliphatic heterocycles. The van der Waals surface area contributed by atoms with Crippen molar-refractivity contribution in [1.82, 2.24) is 19.5 Å². The summed E-state index contributed by atoms with van der Waals surface area (Å²) in [5, 5.41) is 3.64. The maximum Gasteiger partial charge on any atom is 0.255 e. The molecule has 0 atom stereocenters. The summed E-state index contributed by atoms with van der Waals surface area (Å²) in [7, 11) is -3.89. The monoisotopic (exact) mass is 610 g/mol. The Morgan fingerprint density at radius 1 is 1.15 bits per heavy atom. The highest BCUT2D eigenvalue weighted by atomic mass is 35.5. The maximum atomic E-state index is 13.7. The summed E-state index contributed by atoms with van der Waals surface area (Å²) in [6.07, 6.45) is 5.95. The number of aromatic nitrogens is 1. The fourth-order valence-corrected chi connectivity index (χ4v) is 8.54. The second-order valence-corrected chi connectivity index (χ2v) is 15.1. The zero-order valence-corrected chi connectivity index (χ0v) is 26.1. The number of hydrogen-bond acceptors (Lipinski definition) is 5. The molecule has 2 saturated heterocycles. The standard InChI is InChI=1S/C29H40Cl2N4O4S/c1-19-22(27(36)34-16-29(17-34)18-39-13-12-32-29)14-23(35(19)15-20-8-6-5-7-9-20)21-10-11-24(26(31)25(21)30)40(37,38)33-28(2,3)4/h10-11,14,20,32-33H,5-9,12-13,15-18H2,1-4H3. The Hall–Kier alpha value is -1.62. The minimum atomic E-state index is -3.89. The van der Waals surface area contributed by atoms with E-state index in [4.69, 9.17) is 27.9 Å². The zero-order valence-electron chi connectivity index (χ0n) is 23.8. The molecule has 0 radical (unpaired) electrons. The highest BCUT2D eigenvalue weighted by Crippen LogP contribution is 2.41. The number of benzene rings is 1. The van der Waals surface area contributed by atoms with Gasteiger partial charge in [-0.05, 0) is 64.7 Å². The molecule has 1 aromatic carbocycles. The molecule has 1 spiro atoms. The van der Waals surface area contributed by atoms with Crippen molar-refractivity contribution in [3.05, 3.63) is 39.5 Å². The number of carbonyl (C=O) groups is 1. The van der Waals surface area contributed by atoms with E-state index in [-0.39, 0.29) is 26.4 Å². The summed E-state index contributed by atoms with van der Waals surface area (Å²) in [5.41, 5.74) is 2.08. The number of likely N-dealkylation sites (tertiary alicyclic amines) is 1. The Bertz CT molecular complexity index is 1380. The minimum Gasteiger partial charge on any atom is -0.378 e. The smallest absolute Gasteiger partial charge is 0.255 e. The van der Waals surface area contributed by atoms with Crippen molar-refractivity contribution in [1.29, 1.82) is 0 Å². The first-order valence-electron chi connectivity index (χ1n) is 14.1. The molecule has 40 heavy (non-hydrogen) atoms. The van der Waals surface area contributed by atoms with Gasteiger partial charge >= 0.3 is 0 Å². The first-order valence-corrected chi connectivity index (χ1v) is 16.4. The number of nitrogens with zero attached hydrogens (tertiary/aromatic N) is 2. The van der Waals surface area contributed by atoms with Gasteiger partial charge in [0, 0.05) is 43.0 Å². The fourth-order valence-electron chi connectivity index (χ4n) is 6.25. The summed E-state index contributed by atoms with van der Waals surface area (Å²) in [6.45, 7) is 11.4. The first-order chi connectivity index (χ1) is 18.8. The van der Waals surface area contributed by atoms with Crippen LogP contribution in [0.4, 0.5) is 0 Å². The summed E-state index contributed by atoms with van der Waals surface area (Å²) in [4.78, 5) is 15.5. The number of halogens is 2. The maximum absolute atomic E-state index is 13.7. The highest BCUT2D eigenvalue weighted by Gasteiger charge is 2.47. The third kappa shape index (κ3) is 5.96. The van der Waals surface area contributed by atoms with Crippen LogP contribution in [0.15, 0.2) is 23.1 Å². The Labute approximate surface area is 247 Å². The van der Waals surface area contributed by atoms with Crippen molar-refractivity contribution in [2.75, 3.05) is 32.8 Å². The summed E-state index contributed by atoms with van der Waals surface area (Å²) in [5.74, 6) is 0.484. The molecule has 3 heterocycles. The van der Waals surface area contributed by atoms with Crippen molar-refractivity contribution >= 4 is 39.1 Å². The Balaban J connectivity index is 1.51. The lowest BCUT2D eigenvalue weighted by molar-refractivity contribution is -0.0470. The average molecular weight is 612 g/mol. The molecule has 0 bridgehead atoms. The molecule has 11 heteroatoms. The van der Waals surface area contributed by atoms with E-state index in [0.29, 0.717) is 43.3 Å². The van der Waals surface area contributed by atoms with E-state index in [1.54, 1.807) is 26.8 Å². The number of ether oxygens (including phenoxy) is 1. The van der Waals surface area contributed by atoms with E-state index >= 15 is 0 Å². The van der Waals surface area contributed by atoms with Crippen LogP contribution in [-0.2, 0) is 21.3 Å². The van der Waals surface area contributed by atoms with E-state index in [9.17, 15) is 13.2 Å². The molecule has 1 saturated carbocycles.